The number of carbonyl (C=O) groups is 2. The molecular formula is C27H30ClF3N4O7S. The van der Waals surface area contributed by atoms with Crippen LogP contribution in [0.15, 0.2) is 30.5 Å². The van der Waals surface area contributed by atoms with Crippen molar-refractivity contribution in [1.29, 1.82) is 0 Å². The van der Waals surface area contributed by atoms with Crippen LogP contribution in [0.25, 0.3) is 5.69 Å². The monoisotopic (exact) mass is 646 g/mol. The summed E-state index contributed by atoms with van der Waals surface area (Å²) >= 11 is 7.29. The lowest BCUT2D eigenvalue weighted by molar-refractivity contribution is -0.182. The minimum atomic E-state index is -3.01. The lowest BCUT2D eigenvalue weighted by atomic mass is 9.84. The first-order valence-corrected chi connectivity index (χ1v) is 14.3. The summed E-state index contributed by atoms with van der Waals surface area (Å²) in [5, 5.41) is 37.0. The molecule has 1 saturated heterocycles. The van der Waals surface area contributed by atoms with Crippen LogP contribution in [0.4, 0.5) is 13.2 Å². The number of aliphatic carboxylic acids is 2. The van der Waals surface area contributed by atoms with Gasteiger partial charge in [-0.25, -0.2) is 18.7 Å². The number of aliphatic hydroxyl groups is 2. The second-order valence-corrected chi connectivity index (χ2v) is 11.9. The standard InChI is InChI=1S/C23H24ClF3N4OS.C4H6O6/c1-14-16(12-31(29-14)20-15(10-28)3-2-4-18(20)25)11-30-7-5-22(6-8-30)21-17(9-19(24)33-21)23(26,27)13-32-22;5-1(3(7)8)2(6)4(9)10/h2-4,9,12H,5-8,10-11,13,28H2,1H3;1-2,5-6H,(H,7,8)(H,9,10). The second kappa shape index (κ2) is 12.9. The van der Waals surface area contributed by atoms with Crippen molar-refractivity contribution in [2.45, 2.75) is 56.6 Å². The summed E-state index contributed by atoms with van der Waals surface area (Å²) in [5.74, 6) is -6.92. The van der Waals surface area contributed by atoms with Crippen LogP contribution in [0.3, 0.4) is 0 Å². The largest absolute Gasteiger partial charge is 0.479 e. The molecule has 43 heavy (non-hydrogen) atoms. The third kappa shape index (κ3) is 6.87. The number of nitrogens with zero attached hydrogens (tertiary/aromatic N) is 3. The van der Waals surface area contributed by atoms with Crippen LogP contribution in [-0.2, 0) is 38.9 Å². The fourth-order valence-electron chi connectivity index (χ4n) is 5.04. The first-order chi connectivity index (χ1) is 20.2. The molecule has 0 aliphatic carbocycles. The number of para-hydroxylation sites is 1. The van der Waals surface area contributed by atoms with Crippen molar-refractivity contribution in [3.63, 3.8) is 0 Å². The molecule has 0 saturated carbocycles. The maximum atomic E-state index is 14.5. The summed E-state index contributed by atoms with van der Waals surface area (Å²) in [6.07, 6.45) is -1.49. The zero-order valence-corrected chi connectivity index (χ0v) is 24.4. The number of thiophene rings is 1. The van der Waals surface area contributed by atoms with E-state index >= 15 is 0 Å². The quantitative estimate of drug-likeness (QED) is 0.257. The van der Waals surface area contributed by atoms with Crippen LogP contribution >= 0.6 is 22.9 Å². The summed E-state index contributed by atoms with van der Waals surface area (Å²) in [6.45, 7) is 3.47. The fraction of sp³-hybridized carbons (Fsp3) is 0.444. The highest BCUT2D eigenvalue weighted by atomic mass is 35.5. The number of halogens is 4. The molecule has 2 aromatic heterocycles. The molecule has 3 aromatic rings. The summed E-state index contributed by atoms with van der Waals surface area (Å²) in [5.41, 5.74) is 7.92. The van der Waals surface area contributed by atoms with Gasteiger partial charge in [0.15, 0.2) is 12.2 Å². The molecule has 2 atom stereocenters. The molecule has 11 nitrogen and oxygen atoms in total. The van der Waals surface area contributed by atoms with Crippen molar-refractivity contribution in [3.05, 3.63) is 67.9 Å². The first-order valence-electron chi connectivity index (χ1n) is 13.1. The van der Waals surface area contributed by atoms with Crippen LogP contribution in [0.5, 0.6) is 0 Å². The number of benzene rings is 1. The van der Waals surface area contributed by atoms with Gasteiger partial charge in [0, 0.05) is 48.4 Å². The van der Waals surface area contributed by atoms with Gasteiger partial charge in [-0.15, -0.1) is 11.3 Å². The van der Waals surface area contributed by atoms with Crippen molar-refractivity contribution in [2.24, 2.45) is 5.73 Å². The summed E-state index contributed by atoms with van der Waals surface area (Å²) in [6, 6.07) is 6.21. The number of aryl methyl sites for hydroxylation is 1. The molecule has 16 heteroatoms. The van der Waals surface area contributed by atoms with Crippen LogP contribution < -0.4 is 5.73 Å². The summed E-state index contributed by atoms with van der Waals surface area (Å²) in [4.78, 5) is 22.3. The van der Waals surface area contributed by atoms with Crippen LogP contribution in [0.1, 0.15) is 40.1 Å². The van der Waals surface area contributed by atoms with E-state index in [1.54, 1.807) is 16.8 Å². The smallest absolute Gasteiger partial charge is 0.335 e. The Hall–Kier alpha value is -3.05. The van der Waals surface area contributed by atoms with Gasteiger partial charge in [-0.1, -0.05) is 23.7 Å². The number of rotatable bonds is 7. The minimum Gasteiger partial charge on any atom is -0.479 e. The lowest BCUT2D eigenvalue weighted by Gasteiger charge is -2.45. The van der Waals surface area contributed by atoms with Gasteiger partial charge in [0.05, 0.1) is 10.0 Å². The predicted molar refractivity (Wildman–Crippen MR) is 149 cm³/mol. The number of hydrogen-bond acceptors (Lipinski definition) is 9. The van der Waals surface area contributed by atoms with Gasteiger partial charge in [0.2, 0.25) is 0 Å². The van der Waals surface area contributed by atoms with Crippen molar-refractivity contribution < 1.29 is 47.9 Å². The van der Waals surface area contributed by atoms with E-state index in [-0.39, 0.29) is 17.9 Å². The second-order valence-electron chi connectivity index (χ2n) is 10.3. The highest BCUT2D eigenvalue weighted by Crippen LogP contribution is 2.52. The number of ether oxygens (including phenoxy) is 1. The number of likely N-dealkylation sites (tertiary alicyclic amines) is 1. The maximum absolute atomic E-state index is 14.5. The molecule has 0 bridgehead atoms. The molecule has 234 valence electrons. The molecule has 0 radical (unpaired) electrons. The van der Waals surface area contributed by atoms with Crippen molar-refractivity contribution in [2.75, 3.05) is 19.7 Å². The van der Waals surface area contributed by atoms with Gasteiger partial charge in [-0.3, -0.25) is 4.90 Å². The molecule has 2 unspecified atom stereocenters. The Balaban J connectivity index is 0.000000365. The maximum Gasteiger partial charge on any atom is 0.335 e. The topological polar surface area (TPSA) is 171 Å². The average Bonchev–Trinajstić information content (AvgIpc) is 3.54. The highest BCUT2D eigenvalue weighted by molar-refractivity contribution is 7.16. The normalized spacial score (nSPS) is 18.8. The van der Waals surface area contributed by atoms with Crippen LogP contribution in [0.2, 0.25) is 4.34 Å². The molecule has 2 aliphatic heterocycles. The number of carboxylic acids is 2. The van der Waals surface area contributed by atoms with Crippen LogP contribution in [-0.4, -0.2) is 78.9 Å². The summed E-state index contributed by atoms with van der Waals surface area (Å²) in [7, 11) is 0. The number of alkyl halides is 2. The number of hydrogen-bond donors (Lipinski definition) is 5. The fourth-order valence-corrected chi connectivity index (χ4v) is 6.52. The van der Waals surface area contributed by atoms with Gasteiger partial charge in [-0.05, 0) is 37.5 Å². The van der Waals surface area contributed by atoms with E-state index in [1.807, 2.05) is 13.1 Å². The Morgan fingerprint density at radius 1 is 1.16 bits per heavy atom. The van der Waals surface area contributed by atoms with Crippen molar-refractivity contribution in [1.82, 2.24) is 14.7 Å². The van der Waals surface area contributed by atoms with E-state index in [0.29, 0.717) is 52.9 Å². The number of piperidine rings is 1. The molecule has 0 amide bonds. The number of nitrogens with two attached hydrogens (primary N) is 1. The van der Waals surface area contributed by atoms with E-state index in [9.17, 15) is 22.8 Å². The van der Waals surface area contributed by atoms with Crippen molar-refractivity contribution in [3.8, 4) is 5.69 Å². The van der Waals surface area contributed by atoms with E-state index in [4.69, 9.17) is 42.5 Å². The number of carboxylic acid groups (broad SMARTS) is 2. The van der Waals surface area contributed by atoms with E-state index in [2.05, 4.69) is 10.00 Å². The molecule has 2 aliphatic rings. The lowest BCUT2D eigenvalue weighted by Crippen LogP contribution is -2.48. The third-order valence-electron chi connectivity index (χ3n) is 7.42. The average molecular weight is 647 g/mol. The Morgan fingerprint density at radius 2 is 1.79 bits per heavy atom. The highest BCUT2D eigenvalue weighted by Gasteiger charge is 2.51. The Kier molecular flexibility index (Phi) is 9.85. The molecule has 6 N–H and O–H groups in total. The molecular weight excluding hydrogens is 617 g/mol. The van der Waals surface area contributed by atoms with Crippen molar-refractivity contribution >= 4 is 34.9 Å². The zero-order valence-electron chi connectivity index (χ0n) is 22.8. The number of aromatic nitrogens is 2. The summed E-state index contributed by atoms with van der Waals surface area (Å²) < 4.78 is 50.9. The number of aliphatic hydroxyl groups excluding tert-OH is 2. The predicted octanol–water partition coefficient (Wildman–Crippen LogP) is 2.98. The SMILES string of the molecule is Cc1nn(-c2c(F)cccc2CN)cc1CN1CCC2(CC1)OCC(F)(F)c1cc(Cl)sc12.O=C(O)C(O)C(O)C(=O)O. The molecule has 1 spiro atoms. The van der Waals surface area contributed by atoms with Gasteiger partial charge < -0.3 is 30.9 Å². The zero-order chi connectivity index (χ0) is 31.7. The Bertz CT molecular complexity index is 1480. The molecule has 4 heterocycles. The number of fused-ring (bicyclic) bond motifs is 2. The first kappa shape index (κ1) is 32.9. The van der Waals surface area contributed by atoms with Gasteiger partial charge in [0.1, 0.15) is 23.7 Å². The van der Waals surface area contributed by atoms with Gasteiger partial charge in [0.25, 0.3) is 5.92 Å². The van der Waals surface area contributed by atoms with E-state index in [1.165, 1.54) is 23.5 Å². The van der Waals surface area contributed by atoms with Crippen LogP contribution in [0, 0.1) is 12.7 Å². The van der Waals surface area contributed by atoms with E-state index < -0.39 is 42.3 Å². The van der Waals surface area contributed by atoms with Gasteiger partial charge in [-0.2, -0.15) is 13.9 Å². The minimum absolute atomic E-state index is 0.00918. The Morgan fingerprint density at radius 3 is 2.37 bits per heavy atom. The van der Waals surface area contributed by atoms with Gasteiger partial charge >= 0.3 is 11.9 Å². The third-order valence-corrected chi connectivity index (χ3v) is 8.87. The molecule has 5 rings (SSSR count). The Labute approximate surface area is 252 Å². The molecule has 1 aromatic carbocycles. The molecule has 1 fully saturated rings. The van der Waals surface area contributed by atoms with E-state index in [0.717, 1.165) is 11.3 Å².